The lowest BCUT2D eigenvalue weighted by molar-refractivity contribution is -0.123. The lowest BCUT2D eigenvalue weighted by atomic mass is 10.1. The van der Waals surface area contributed by atoms with Gasteiger partial charge < -0.3 is 21.1 Å². The maximum atomic E-state index is 12.7. The van der Waals surface area contributed by atoms with Crippen molar-refractivity contribution < 1.29 is 28.4 Å². The molecule has 3 unspecified atom stereocenters. The summed E-state index contributed by atoms with van der Waals surface area (Å²) in [4.78, 5) is 22.6. The first-order valence-corrected chi connectivity index (χ1v) is 21.4. The molecule has 0 spiro atoms. The quantitative estimate of drug-likeness (QED) is 0.0288. The number of allylic oxidation sites excluding steroid dienone is 9. The Kier molecular flexibility index (Phi) is 35.6. The van der Waals surface area contributed by atoms with Gasteiger partial charge in [-0.15, -0.1) is 0 Å². The number of unbranched alkanes of at least 4 members (excludes halogenated alkanes) is 16. The Morgan fingerprint density at radius 3 is 1.72 bits per heavy atom. The van der Waals surface area contributed by atoms with Crippen molar-refractivity contribution in [1.29, 1.82) is 0 Å². The lowest BCUT2D eigenvalue weighted by Gasteiger charge is -2.23. The summed E-state index contributed by atoms with van der Waals surface area (Å²) >= 11 is 0. The van der Waals surface area contributed by atoms with Crippen LogP contribution in [0.5, 0.6) is 0 Å². The molecule has 0 aromatic rings. The number of phosphoric acid groups is 1. The fourth-order valence-electron chi connectivity index (χ4n) is 5.24. The molecule has 0 aliphatic carbocycles. The van der Waals surface area contributed by atoms with Crippen molar-refractivity contribution in [3.8, 4) is 0 Å². The summed E-state index contributed by atoms with van der Waals surface area (Å²) in [6.07, 6.45) is 45.5. The average molecular weight is 723 g/mol. The van der Waals surface area contributed by atoms with E-state index >= 15 is 0 Å². The van der Waals surface area contributed by atoms with Gasteiger partial charge in [0.25, 0.3) is 0 Å². The van der Waals surface area contributed by atoms with Crippen molar-refractivity contribution in [3.63, 3.8) is 0 Å². The van der Waals surface area contributed by atoms with Crippen molar-refractivity contribution in [1.82, 2.24) is 5.32 Å². The smallest absolute Gasteiger partial charge is 0.387 e. The summed E-state index contributed by atoms with van der Waals surface area (Å²) in [5, 5.41) is 13.6. The Morgan fingerprint density at radius 1 is 0.660 bits per heavy atom. The van der Waals surface area contributed by atoms with Crippen molar-refractivity contribution in [2.75, 3.05) is 19.8 Å². The molecule has 0 aromatic carbocycles. The molecule has 1 amide bonds. The minimum absolute atomic E-state index is 0.0686. The number of aliphatic hydroxyl groups excluding tert-OH is 1. The van der Waals surface area contributed by atoms with Gasteiger partial charge >= 0.3 is 7.82 Å². The maximum Gasteiger partial charge on any atom is 0.472 e. The first kappa shape index (κ1) is 48.2. The van der Waals surface area contributed by atoms with Crippen LogP contribution in [-0.4, -0.2) is 47.8 Å². The number of nitrogens with two attached hydrogens (primary N) is 1. The minimum Gasteiger partial charge on any atom is -0.387 e. The first-order chi connectivity index (χ1) is 24.4. The van der Waals surface area contributed by atoms with E-state index in [0.29, 0.717) is 6.42 Å². The van der Waals surface area contributed by atoms with Crippen LogP contribution in [0.15, 0.2) is 60.8 Å². The molecule has 0 rings (SSSR count). The van der Waals surface area contributed by atoms with Gasteiger partial charge in [-0.25, -0.2) is 4.57 Å². The Labute approximate surface area is 306 Å². The topological polar surface area (TPSA) is 131 Å². The van der Waals surface area contributed by atoms with E-state index in [0.717, 1.165) is 57.8 Å². The molecule has 0 heterocycles. The summed E-state index contributed by atoms with van der Waals surface area (Å²) in [6, 6.07) is -0.886. The predicted molar refractivity (Wildman–Crippen MR) is 212 cm³/mol. The average Bonchev–Trinajstić information content (AvgIpc) is 3.10. The summed E-state index contributed by atoms with van der Waals surface area (Å²) in [7, 11) is -4.35. The van der Waals surface area contributed by atoms with E-state index in [1.165, 1.54) is 83.5 Å². The Bertz CT molecular complexity index is 965. The fraction of sp³-hybridized carbons (Fsp3) is 0.732. The number of aliphatic hydroxyl groups is 1. The third kappa shape index (κ3) is 34.6. The van der Waals surface area contributed by atoms with Gasteiger partial charge in [0.2, 0.25) is 5.91 Å². The van der Waals surface area contributed by atoms with Crippen LogP contribution in [0, 0.1) is 0 Å². The summed E-state index contributed by atoms with van der Waals surface area (Å²) in [5.74, 6) is -0.217. The Hall–Kier alpha value is -1.80. The molecule has 0 radical (unpaired) electrons. The molecule has 0 aromatic heterocycles. The number of carbonyl (C=O) groups is 1. The van der Waals surface area contributed by atoms with E-state index in [9.17, 15) is 19.4 Å². The van der Waals surface area contributed by atoms with Gasteiger partial charge in [-0.1, -0.05) is 145 Å². The highest BCUT2D eigenvalue weighted by atomic mass is 31.2. The molecule has 0 saturated heterocycles. The highest BCUT2D eigenvalue weighted by molar-refractivity contribution is 7.47. The van der Waals surface area contributed by atoms with Gasteiger partial charge in [-0.05, 0) is 70.6 Å². The molecule has 50 heavy (non-hydrogen) atoms. The van der Waals surface area contributed by atoms with Gasteiger partial charge in [0, 0.05) is 13.0 Å². The summed E-state index contributed by atoms with van der Waals surface area (Å²) in [5.41, 5.74) is 5.35. The second-order valence-corrected chi connectivity index (χ2v) is 14.6. The summed E-state index contributed by atoms with van der Waals surface area (Å²) < 4.78 is 22.0. The predicted octanol–water partition coefficient (Wildman–Crippen LogP) is 10.7. The molecular formula is C41H75N2O6P. The molecule has 8 nitrogen and oxygen atoms in total. The second kappa shape index (κ2) is 37.0. The standard InChI is InChI=1S/C41H75N2O6P/c1-3-5-7-9-11-13-15-17-18-19-20-21-22-23-25-27-29-31-33-35-41(45)43-39(38-49-50(46,47)48-37-36-42)40(44)34-32-30-28-26-24-16-14-12-10-8-6-4-2/h10-13,17-18,24,26,32,34,39-40,44H,3-9,14-16,19-23,25,27-31,33,35-38,42H2,1-2H3,(H,43,45)(H,46,47)/b12-10+,13-11-,18-17-,26-24+,34-32+. The largest absolute Gasteiger partial charge is 0.472 e. The molecule has 0 aliphatic heterocycles. The molecule has 290 valence electrons. The van der Waals surface area contributed by atoms with Gasteiger partial charge in [-0.3, -0.25) is 13.8 Å². The van der Waals surface area contributed by atoms with Crippen molar-refractivity contribution in [2.45, 2.75) is 174 Å². The second-order valence-electron chi connectivity index (χ2n) is 13.1. The highest BCUT2D eigenvalue weighted by Gasteiger charge is 2.26. The first-order valence-electron chi connectivity index (χ1n) is 19.9. The van der Waals surface area contributed by atoms with Crippen molar-refractivity contribution >= 4 is 13.7 Å². The molecule has 0 aliphatic rings. The molecule has 9 heteroatoms. The normalized spacial score (nSPS) is 14.9. The van der Waals surface area contributed by atoms with Crippen LogP contribution >= 0.6 is 7.82 Å². The zero-order chi connectivity index (χ0) is 36.8. The van der Waals surface area contributed by atoms with E-state index in [2.05, 4.69) is 67.8 Å². The highest BCUT2D eigenvalue weighted by Crippen LogP contribution is 2.43. The van der Waals surface area contributed by atoms with Gasteiger partial charge in [-0.2, -0.15) is 0 Å². The number of rotatable bonds is 36. The third-order valence-corrected chi connectivity index (χ3v) is 9.28. The fourth-order valence-corrected chi connectivity index (χ4v) is 6.00. The van der Waals surface area contributed by atoms with Crippen LogP contribution in [0.25, 0.3) is 0 Å². The number of carbonyl (C=O) groups excluding carboxylic acids is 1. The number of nitrogens with one attached hydrogen (secondary N) is 1. The lowest BCUT2D eigenvalue weighted by Crippen LogP contribution is -2.45. The number of phosphoric ester groups is 1. The van der Waals surface area contributed by atoms with Crippen LogP contribution in [0.4, 0.5) is 0 Å². The van der Waals surface area contributed by atoms with Crippen molar-refractivity contribution in [2.24, 2.45) is 5.73 Å². The monoisotopic (exact) mass is 723 g/mol. The molecule has 0 fully saturated rings. The van der Waals surface area contributed by atoms with Crippen molar-refractivity contribution in [3.05, 3.63) is 60.8 Å². The van der Waals surface area contributed by atoms with Gasteiger partial charge in [0.15, 0.2) is 0 Å². The third-order valence-electron chi connectivity index (χ3n) is 8.29. The van der Waals surface area contributed by atoms with E-state index in [4.69, 9.17) is 14.8 Å². The zero-order valence-electron chi connectivity index (χ0n) is 31.9. The zero-order valence-corrected chi connectivity index (χ0v) is 32.8. The number of hydrogen-bond acceptors (Lipinski definition) is 6. The van der Waals surface area contributed by atoms with E-state index in [1.807, 2.05) is 6.08 Å². The van der Waals surface area contributed by atoms with Gasteiger partial charge in [0.05, 0.1) is 25.4 Å². The SMILES string of the molecule is CCCC/C=C/CC/C=C/CC/C=C/C(O)C(COP(=O)(O)OCCN)NC(=O)CCCCCCCCCCC/C=C\C/C=C\CCCCC. The number of hydrogen-bond donors (Lipinski definition) is 4. The van der Waals surface area contributed by atoms with Crippen LogP contribution in [-0.2, 0) is 18.4 Å². The van der Waals surface area contributed by atoms with Crippen LogP contribution in [0.3, 0.4) is 0 Å². The Balaban J connectivity index is 4.29. The van der Waals surface area contributed by atoms with Crippen LogP contribution in [0.1, 0.15) is 162 Å². The maximum absolute atomic E-state index is 12.7. The molecule has 0 bridgehead atoms. The van der Waals surface area contributed by atoms with Gasteiger partial charge in [0.1, 0.15) is 0 Å². The van der Waals surface area contributed by atoms with E-state index < -0.39 is 20.0 Å². The summed E-state index contributed by atoms with van der Waals surface area (Å²) in [6.45, 7) is 4.00. The molecule has 5 N–H and O–H groups in total. The molecule has 3 atom stereocenters. The van der Waals surface area contributed by atoms with E-state index in [1.54, 1.807) is 6.08 Å². The van der Waals surface area contributed by atoms with Crippen LogP contribution < -0.4 is 11.1 Å². The number of amides is 1. The van der Waals surface area contributed by atoms with E-state index in [-0.39, 0.29) is 25.7 Å². The molecule has 0 saturated carbocycles. The molecular weight excluding hydrogens is 647 g/mol. The Morgan fingerprint density at radius 2 is 1.14 bits per heavy atom. The van der Waals surface area contributed by atoms with Crippen LogP contribution in [0.2, 0.25) is 0 Å². The minimum atomic E-state index is -4.35.